The molecule has 2 aromatic carbocycles. The third-order valence-corrected chi connectivity index (χ3v) is 5.10. The lowest BCUT2D eigenvalue weighted by atomic mass is 9.95. The lowest BCUT2D eigenvalue weighted by molar-refractivity contribution is -0.384. The number of ether oxygens (including phenoxy) is 2. The number of methoxy groups -OCH3 is 1. The average Bonchev–Trinajstić information content (AvgIpc) is 3.04. The zero-order valence-corrected chi connectivity index (χ0v) is 17.8. The van der Waals surface area contributed by atoms with Crippen LogP contribution in [0.5, 0.6) is 5.75 Å². The SMILES string of the molecule is CCOc1cccc(C(O)=C2C(=O)C(=O)N(CCCOC)C2c2cccc([N+](=O)[O-])c2)c1. The zero-order chi connectivity index (χ0) is 23.3. The van der Waals surface area contributed by atoms with Crippen LogP contribution in [0.25, 0.3) is 5.76 Å². The highest BCUT2D eigenvalue weighted by Gasteiger charge is 2.46. The van der Waals surface area contributed by atoms with E-state index in [1.54, 1.807) is 30.3 Å². The number of aliphatic hydroxyl groups excluding tert-OH is 1. The van der Waals surface area contributed by atoms with Crippen LogP contribution in [0.3, 0.4) is 0 Å². The number of hydrogen-bond donors (Lipinski definition) is 1. The van der Waals surface area contributed by atoms with E-state index in [4.69, 9.17) is 9.47 Å². The quantitative estimate of drug-likeness (QED) is 0.158. The zero-order valence-electron chi connectivity index (χ0n) is 17.8. The van der Waals surface area contributed by atoms with Crippen LogP contribution in [0.4, 0.5) is 5.69 Å². The van der Waals surface area contributed by atoms with Crippen LogP contribution < -0.4 is 4.74 Å². The van der Waals surface area contributed by atoms with Crippen LogP contribution in [-0.2, 0) is 14.3 Å². The Morgan fingerprint density at radius 2 is 1.94 bits per heavy atom. The lowest BCUT2D eigenvalue weighted by Crippen LogP contribution is -2.31. The molecule has 1 fully saturated rings. The number of nitrogens with zero attached hydrogens (tertiary/aromatic N) is 2. The summed E-state index contributed by atoms with van der Waals surface area (Å²) in [4.78, 5) is 37.9. The summed E-state index contributed by atoms with van der Waals surface area (Å²) < 4.78 is 10.5. The Balaban J connectivity index is 2.15. The van der Waals surface area contributed by atoms with Gasteiger partial charge in [0.25, 0.3) is 17.4 Å². The fraction of sp³-hybridized carbons (Fsp3) is 0.304. The molecule has 1 heterocycles. The van der Waals surface area contributed by atoms with Crippen molar-refractivity contribution in [1.29, 1.82) is 0 Å². The first-order chi connectivity index (χ1) is 15.4. The smallest absolute Gasteiger partial charge is 0.295 e. The van der Waals surface area contributed by atoms with Crippen LogP contribution in [0, 0.1) is 10.1 Å². The van der Waals surface area contributed by atoms with Crippen molar-refractivity contribution in [2.75, 3.05) is 26.9 Å². The number of Topliss-reactive ketones (excluding diaryl/α,β-unsaturated/α-hetero) is 1. The van der Waals surface area contributed by atoms with E-state index in [0.29, 0.717) is 36.5 Å². The van der Waals surface area contributed by atoms with Crippen molar-refractivity contribution >= 4 is 23.1 Å². The van der Waals surface area contributed by atoms with Gasteiger partial charge in [0.15, 0.2) is 0 Å². The van der Waals surface area contributed by atoms with Crippen LogP contribution in [0.1, 0.15) is 30.5 Å². The minimum absolute atomic E-state index is 0.124. The Labute approximate surface area is 185 Å². The number of rotatable bonds is 9. The molecule has 1 aliphatic rings. The Morgan fingerprint density at radius 1 is 1.19 bits per heavy atom. The summed E-state index contributed by atoms with van der Waals surface area (Å²) in [7, 11) is 1.53. The number of ketones is 1. The van der Waals surface area contributed by atoms with Crippen molar-refractivity contribution in [3.05, 3.63) is 75.3 Å². The number of likely N-dealkylation sites (tertiary alicyclic amines) is 1. The molecule has 9 nitrogen and oxygen atoms in total. The van der Waals surface area contributed by atoms with Crippen LogP contribution in [-0.4, -0.2) is 53.5 Å². The number of benzene rings is 2. The summed E-state index contributed by atoms with van der Waals surface area (Å²) in [6, 6.07) is 11.3. The summed E-state index contributed by atoms with van der Waals surface area (Å²) in [6.45, 7) is 2.78. The second-order valence-electron chi connectivity index (χ2n) is 7.15. The standard InChI is InChI=1S/C23H24N2O7/c1-3-32-18-10-5-8-16(14-18)21(26)19-20(15-7-4-9-17(13-15)25(29)30)24(11-6-12-31-2)23(28)22(19)27/h4-5,7-10,13-14,20,26H,3,6,11-12H2,1-2H3. The summed E-state index contributed by atoms with van der Waals surface area (Å²) in [5.41, 5.74) is 0.365. The number of carbonyl (C=O) groups is 2. The molecule has 0 aliphatic carbocycles. The Hall–Kier alpha value is -3.72. The second kappa shape index (κ2) is 10.1. The first-order valence-electron chi connectivity index (χ1n) is 10.1. The normalized spacial score (nSPS) is 17.6. The molecule has 1 aliphatic heterocycles. The molecule has 0 bridgehead atoms. The molecule has 1 unspecified atom stereocenters. The molecular formula is C23H24N2O7. The minimum atomic E-state index is -0.970. The monoisotopic (exact) mass is 440 g/mol. The van der Waals surface area contributed by atoms with Gasteiger partial charge in [0.2, 0.25) is 0 Å². The van der Waals surface area contributed by atoms with Crippen molar-refractivity contribution < 1.29 is 29.1 Å². The number of nitro benzene ring substituents is 1. The first-order valence-corrected chi connectivity index (χ1v) is 10.1. The van der Waals surface area contributed by atoms with E-state index in [-0.39, 0.29) is 23.6 Å². The van der Waals surface area contributed by atoms with E-state index >= 15 is 0 Å². The summed E-state index contributed by atoms with van der Waals surface area (Å²) in [6.07, 6.45) is 0.453. The van der Waals surface area contributed by atoms with E-state index in [2.05, 4.69) is 0 Å². The highest BCUT2D eigenvalue weighted by atomic mass is 16.6. The first kappa shape index (κ1) is 23.0. The van der Waals surface area contributed by atoms with Crippen molar-refractivity contribution in [3.8, 4) is 5.75 Å². The molecule has 2 aromatic rings. The predicted octanol–water partition coefficient (Wildman–Crippen LogP) is 3.45. The van der Waals surface area contributed by atoms with E-state index in [1.165, 1.54) is 30.2 Å². The van der Waals surface area contributed by atoms with Crippen molar-refractivity contribution in [2.45, 2.75) is 19.4 Å². The molecule has 1 atom stereocenters. The van der Waals surface area contributed by atoms with Gasteiger partial charge in [0.05, 0.1) is 23.1 Å². The molecule has 0 radical (unpaired) electrons. The molecule has 1 N–H and O–H groups in total. The van der Waals surface area contributed by atoms with Gasteiger partial charge < -0.3 is 19.5 Å². The van der Waals surface area contributed by atoms with Gasteiger partial charge in [0.1, 0.15) is 11.5 Å². The van der Waals surface area contributed by atoms with Gasteiger partial charge in [0, 0.05) is 38.0 Å². The summed E-state index contributed by atoms with van der Waals surface area (Å²) in [5.74, 6) is -1.49. The third-order valence-electron chi connectivity index (χ3n) is 5.10. The molecule has 32 heavy (non-hydrogen) atoms. The molecule has 3 rings (SSSR count). The molecule has 0 aromatic heterocycles. The fourth-order valence-electron chi connectivity index (χ4n) is 3.70. The van der Waals surface area contributed by atoms with Crippen molar-refractivity contribution in [3.63, 3.8) is 0 Å². The molecular weight excluding hydrogens is 416 g/mol. The van der Waals surface area contributed by atoms with Gasteiger partial charge in [-0.1, -0.05) is 24.3 Å². The van der Waals surface area contributed by atoms with Crippen LogP contribution >= 0.6 is 0 Å². The summed E-state index contributed by atoms with van der Waals surface area (Å²) in [5, 5.41) is 22.4. The lowest BCUT2D eigenvalue weighted by Gasteiger charge is -2.25. The highest BCUT2D eigenvalue weighted by Crippen LogP contribution is 2.40. The number of non-ortho nitro benzene ring substituents is 1. The minimum Gasteiger partial charge on any atom is -0.507 e. The number of carbonyl (C=O) groups excluding carboxylic acids is 2. The van der Waals surface area contributed by atoms with Crippen molar-refractivity contribution in [1.82, 2.24) is 4.90 Å². The van der Waals surface area contributed by atoms with Crippen LogP contribution in [0.2, 0.25) is 0 Å². The van der Waals surface area contributed by atoms with Gasteiger partial charge >= 0.3 is 0 Å². The predicted molar refractivity (Wildman–Crippen MR) is 116 cm³/mol. The maximum absolute atomic E-state index is 13.0. The maximum atomic E-state index is 13.0. The molecule has 0 spiro atoms. The van der Waals surface area contributed by atoms with Gasteiger partial charge in [-0.25, -0.2) is 0 Å². The van der Waals surface area contributed by atoms with E-state index < -0.39 is 22.7 Å². The molecule has 1 saturated heterocycles. The van der Waals surface area contributed by atoms with Gasteiger partial charge in [-0.2, -0.15) is 0 Å². The number of nitro groups is 1. The van der Waals surface area contributed by atoms with Gasteiger partial charge in [-0.05, 0) is 31.0 Å². The Kier molecular flexibility index (Phi) is 7.21. The number of aliphatic hydroxyl groups is 1. The molecule has 1 amide bonds. The van der Waals surface area contributed by atoms with E-state index in [1.807, 2.05) is 6.92 Å². The van der Waals surface area contributed by atoms with Crippen molar-refractivity contribution in [2.24, 2.45) is 0 Å². The molecule has 9 heteroatoms. The van der Waals surface area contributed by atoms with Gasteiger partial charge in [-0.3, -0.25) is 19.7 Å². The van der Waals surface area contributed by atoms with E-state index in [9.17, 15) is 24.8 Å². The van der Waals surface area contributed by atoms with Gasteiger partial charge in [-0.15, -0.1) is 0 Å². The Bertz CT molecular complexity index is 1060. The highest BCUT2D eigenvalue weighted by molar-refractivity contribution is 6.46. The maximum Gasteiger partial charge on any atom is 0.295 e. The average molecular weight is 440 g/mol. The number of amides is 1. The number of hydrogen-bond acceptors (Lipinski definition) is 7. The second-order valence-corrected chi connectivity index (χ2v) is 7.15. The third kappa shape index (κ3) is 4.62. The topological polar surface area (TPSA) is 119 Å². The van der Waals surface area contributed by atoms with Crippen LogP contribution in [0.15, 0.2) is 54.1 Å². The largest absolute Gasteiger partial charge is 0.507 e. The molecule has 0 saturated carbocycles. The fourth-order valence-corrected chi connectivity index (χ4v) is 3.70. The summed E-state index contributed by atoms with van der Waals surface area (Å²) >= 11 is 0. The van der Waals surface area contributed by atoms with E-state index in [0.717, 1.165) is 0 Å². The molecule has 168 valence electrons. The Morgan fingerprint density at radius 3 is 2.62 bits per heavy atom.